The van der Waals surface area contributed by atoms with Crippen LogP contribution in [0.5, 0.6) is 5.75 Å². The lowest BCUT2D eigenvalue weighted by Crippen LogP contribution is -2.29. The number of hydrogen-bond donors (Lipinski definition) is 1. The molecule has 0 spiro atoms. The molecule has 80 valence electrons. The number of fused-ring (bicyclic) bond motifs is 1. The lowest BCUT2D eigenvalue weighted by Gasteiger charge is -2.08. The van der Waals surface area contributed by atoms with E-state index in [2.05, 4.69) is 0 Å². The molecule has 3 nitrogen and oxygen atoms in total. The number of carbonyl (C=O) groups excluding carboxylic acids is 1. The third kappa shape index (κ3) is 1.88. The number of hydrogen-bond acceptors (Lipinski definition) is 3. The van der Waals surface area contributed by atoms with Crippen molar-refractivity contribution in [2.75, 3.05) is 6.61 Å². The van der Waals surface area contributed by atoms with Gasteiger partial charge in [0.15, 0.2) is 5.78 Å². The van der Waals surface area contributed by atoms with Crippen molar-refractivity contribution in [3.05, 3.63) is 29.3 Å². The molecule has 0 amide bonds. The van der Waals surface area contributed by atoms with Crippen molar-refractivity contribution in [3.63, 3.8) is 0 Å². The first-order valence-corrected chi connectivity index (χ1v) is 5.28. The molecule has 2 N–H and O–H groups in total. The van der Waals surface area contributed by atoms with E-state index in [1.165, 1.54) is 5.56 Å². The summed E-state index contributed by atoms with van der Waals surface area (Å²) in [4.78, 5) is 11.8. The van der Waals surface area contributed by atoms with Gasteiger partial charge in [0.25, 0.3) is 0 Å². The third-order valence-electron chi connectivity index (χ3n) is 2.76. The average Bonchev–Trinajstić information content (AvgIpc) is 2.73. The Kier molecular flexibility index (Phi) is 2.73. The maximum Gasteiger partial charge on any atom is 0.179 e. The van der Waals surface area contributed by atoms with Crippen LogP contribution < -0.4 is 10.5 Å². The zero-order valence-electron chi connectivity index (χ0n) is 8.82. The monoisotopic (exact) mass is 205 g/mol. The molecule has 0 aliphatic carbocycles. The van der Waals surface area contributed by atoms with Crippen molar-refractivity contribution in [3.8, 4) is 5.75 Å². The van der Waals surface area contributed by atoms with Crippen molar-refractivity contribution in [2.24, 2.45) is 5.73 Å². The summed E-state index contributed by atoms with van der Waals surface area (Å²) in [7, 11) is 0. The van der Waals surface area contributed by atoms with Crippen LogP contribution in [0.4, 0.5) is 0 Å². The molecule has 0 saturated carbocycles. The van der Waals surface area contributed by atoms with E-state index in [0.29, 0.717) is 18.6 Å². The summed E-state index contributed by atoms with van der Waals surface area (Å²) in [5.41, 5.74) is 7.54. The second kappa shape index (κ2) is 4.03. The summed E-state index contributed by atoms with van der Waals surface area (Å²) in [5, 5.41) is 0. The molecule has 1 heterocycles. The summed E-state index contributed by atoms with van der Waals surface area (Å²) < 4.78 is 5.41. The van der Waals surface area contributed by atoms with E-state index in [4.69, 9.17) is 10.5 Å². The molecule has 1 unspecified atom stereocenters. The number of nitrogens with two attached hydrogens (primary N) is 1. The van der Waals surface area contributed by atoms with Crippen molar-refractivity contribution in [1.82, 2.24) is 0 Å². The van der Waals surface area contributed by atoms with Crippen molar-refractivity contribution >= 4 is 5.78 Å². The molecule has 1 aliphatic heterocycles. The number of carbonyl (C=O) groups is 1. The molecule has 1 atom stereocenters. The van der Waals surface area contributed by atoms with Crippen LogP contribution in [0.15, 0.2) is 18.2 Å². The van der Waals surface area contributed by atoms with E-state index < -0.39 is 6.04 Å². The van der Waals surface area contributed by atoms with Crippen LogP contribution in [0.1, 0.15) is 29.3 Å². The minimum Gasteiger partial charge on any atom is -0.493 e. The number of rotatable bonds is 3. The van der Waals surface area contributed by atoms with Gasteiger partial charge in [-0.05, 0) is 18.1 Å². The van der Waals surface area contributed by atoms with Gasteiger partial charge in [0, 0.05) is 12.0 Å². The van der Waals surface area contributed by atoms with Crippen LogP contribution in [0.3, 0.4) is 0 Å². The van der Waals surface area contributed by atoms with Gasteiger partial charge in [-0.1, -0.05) is 19.1 Å². The largest absolute Gasteiger partial charge is 0.493 e. The molecule has 2 rings (SSSR count). The average molecular weight is 205 g/mol. The molecule has 0 radical (unpaired) electrons. The van der Waals surface area contributed by atoms with Gasteiger partial charge < -0.3 is 10.5 Å². The predicted molar refractivity (Wildman–Crippen MR) is 58.2 cm³/mol. The summed E-state index contributed by atoms with van der Waals surface area (Å²) in [6.45, 7) is 2.62. The lowest BCUT2D eigenvalue weighted by atomic mass is 10.0. The zero-order chi connectivity index (χ0) is 10.8. The molecule has 15 heavy (non-hydrogen) atoms. The maximum atomic E-state index is 11.8. The molecule has 3 heteroatoms. The Bertz CT molecular complexity index is 387. The highest BCUT2D eigenvalue weighted by atomic mass is 16.5. The van der Waals surface area contributed by atoms with E-state index in [1.54, 1.807) is 6.07 Å². The smallest absolute Gasteiger partial charge is 0.179 e. The molecule has 0 saturated heterocycles. The predicted octanol–water partition coefficient (Wildman–Crippen LogP) is 1.54. The van der Waals surface area contributed by atoms with Crippen LogP contribution in [0.2, 0.25) is 0 Å². The van der Waals surface area contributed by atoms with Gasteiger partial charge in [-0.15, -0.1) is 0 Å². The quantitative estimate of drug-likeness (QED) is 0.761. The zero-order valence-corrected chi connectivity index (χ0v) is 8.82. The van der Waals surface area contributed by atoms with E-state index in [0.717, 1.165) is 12.2 Å². The number of Topliss-reactive ketones (excluding diaryl/α,β-unsaturated/α-hetero) is 1. The number of benzene rings is 1. The SMILES string of the molecule is CCC(N)C(=O)c1ccc2c(c1)OCC2. The Labute approximate surface area is 89.2 Å². The van der Waals surface area contributed by atoms with Crippen LogP contribution in [-0.2, 0) is 6.42 Å². The van der Waals surface area contributed by atoms with Gasteiger partial charge in [0.1, 0.15) is 5.75 Å². The standard InChI is InChI=1S/C12H15NO2/c1-2-10(13)12(14)9-4-3-8-5-6-15-11(8)7-9/h3-4,7,10H,2,5-6,13H2,1H3. The second-order valence-electron chi connectivity index (χ2n) is 3.80. The van der Waals surface area contributed by atoms with E-state index in [-0.39, 0.29) is 5.78 Å². The molecule has 0 bridgehead atoms. The van der Waals surface area contributed by atoms with E-state index in [9.17, 15) is 4.79 Å². The highest BCUT2D eigenvalue weighted by Gasteiger charge is 2.18. The fraction of sp³-hybridized carbons (Fsp3) is 0.417. The Morgan fingerprint density at radius 3 is 3.13 bits per heavy atom. The number of ether oxygens (including phenoxy) is 1. The summed E-state index contributed by atoms with van der Waals surface area (Å²) in [5.74, 6) is 0.833. The Morgan fingerprint density at radius 2 is 2.40 bits per heavy atom. The number of ketones is 1. The summed E-state index contributed by atoms with van der Waals surface area (Å²) in [6.07, 6.45) is 1.60. The Hall–Kier alpha value is -1.35. The molecule has 1 aliphatic rings. The third-order valence-corrected chi connectivity index (χ3v) is 2.76. The van der Waals surface area contributed by atoms with Crippen molar-refractivity contribution in [2.45, 2.75) is 25.8 Å². The van der Waals surface area contributed by atoms with Gasteiger partial charge >= 0.3 is 0 Å². The summed E-state index contributed by atoms with van der Waals surface area (Å²) >= 11 is 0. The minimum absolute atomic E-state index is 0.00389. The van der Waals surface area contributed by atoms with Gasteiger partial charge in [-0.2, -0.15) is 0 Å². The van der Waals surface area contributed by atoms with Gasteiger partial charge in [0.2, 0.25) is 0 Å². The topological polar surface area (TPSA) is 52.3 Å². The molecule has 0 fully saturated rings. The van der Waals surface area contributed by atoms with Crippen LogP contribution >= 0.6 is 0 Å². The fourth-order valence-electron chi connectivity index (χ4n) is 1.72. The normalized spacial score (nSPS) is 15.6. The highest BCUT2D eigenvalue weighted by molar-refractivity contribution is 6.00. The van der Waals surface area contributed by atoms with Crippen LogP contribution in [0.25, 0.3) is 0 Å². The second-order valence-corrected chi connectivity index (χ2v) is 3.80. The van der Waals surface area contributed by atoms with Crippen molar-refractivity contribution in [1.29, 1.82) is 0 Å². The van der Waals surface area contributed by atoms with Crippen LogP contribution in [-0.4, -0.2) is 18.4 Å². The Morgan fingerprint density at radius 1 is 1.60 bits per heavy atom. The molecular weight excluding hydrogens is 190 g/mol. The summed E-state index contributed by atoms with van der Waals surface area (Å²) in [6, 6.07) is 5.20. The first kappa shape index (κ1) is 10.2. The van der Waals surface area contributed by atoms with Gasteiger partial charge in [0.05, 0.1) is 12.6 Å². The maximum absolute atomic E-state index is 11.8. The lowest BCUT2D eigenvalue weighted by molar-refractivity contribution is 0.0959. The van der Waals surface area contributed by atoms with Crippen molar-refractivity contribution < 1.29 is 9.53 Å². The first-order chi connectivity index (χ1) is 7.22. The fourth-order valence-corrected chi connectivity index (χ4v) is 1.72. The van der Waals surface area contributed by atoms with Crippen LogP contribution in [0, 0.1) is 0 Å². The molecule has 0 aromatic heterocycles. The molecule has 1 aromatic carbocycles. The van der Waals surface area contributed by atoms with Gasteiger partial charge in [-0.3, -0.25) is 4.79 Å². The van der Waals surface area contributed by atoms with E-state index in [1.807, 2.05) is 19.1 Å². The Balaban J connectivity index is 2.26. The highest BCUT2D eigenvalue weighted by Crippen LogP contribution is 2.26. The molecular formula is C12H15NO2. The molecule has 1 aromatic rings. The minimum atomic E-state index is -0.399. The van der Waals surface area contributed by atoms with E-state index >= 15 is 0 Å². The van der Waals surface area contributed by atoms with Gasteiger partial charge in [-0.25, -0.2) is 0 Å². The first-order valence-electron chi connectivity index (χ1n) is 5.28.